The van der Waals surface area contributed by atoms with E-state index in [0.717, 1.165) is 0 Å². The molecule has 0 fully saturated rings. The van der Waals surface area contributed by atoms with Gasteiger partial charge in [0, 0.05) is 14.5 Å². The molecule has 0 heterocycles. The Morgan fingerprint density at radius 2 is 1.67 bits per heavy atom. The molecule has 0 aliphatic heterocycles. The number of anilines is 1. The number of carboxylic acid groups (broad SMARTS) is 1. The first-order valence-electron chi connectivity index (χ1n) is 5.67. The molecule has 21 heavy (non-hydrogen) atoms. The monoisotopic (exact) mass is 431 g/mol. The van der Waals surface area contributed by atoms with Gasteiger partial charge < -0.3 is 10.4 Å². The number of benzene rings is 2. The summed E-state index contributed by atoms with van der Waals surface area (Å²) in [5, 5.41) is 12.1. The highest BCUT2D eigenvalue weighted by atomic mass is 79.9. The molecule has 2 aromatic carbocycles. The fraction of sp³-hybridized carbons (Fsp3) is 0. The summed E-state index contributed by atoms with van der Waals surface area (Å²) >= 11 is 12.4. The van der Waals surface area contributed by atoms with E-state index >= 15 is 0 Å². The van der Waals surface area contributed by atoms with Gasteiger partial charge >= 0.3 is 5.97 Å². The molecule has 2 aromatic rings. The molecule has 1 amide bonds. The van der Waals surface area contributed by atoms with Crippen molar-refractivity contribution in [1.82, 2.24) is 0 Å². The van der Waals surface area contributed by atoms with Crippen molar-refractivity contribution in [2.75, 3.05) is 5.32 Å². The van der Waals surface area contributed by atoms with Gasteiger partial charge in [0.25, 0.3) is 5.91 Å². The Labute approximate surface area is 142 Å². The Morgan fingerprint density at radius 1 is 1.00 bits per heavy atom. The minimum absolute atomic E-state index is 0.0887. The topological polar surface area (TPSA) is 66.4 Å². The minimum Gasteiger partial charge on any atom is -0.478 e. The summed E-state index contributed by atoms with van der Waals surface area (Å²) in [5.41, 5.74) is 0.871. The lowest BCUT2D eigenvalue weighted by Crippen LogP contribution is -2.13. The third kappa shape index (κ3) is 3.84. The normalized spacial score (nSPS) is 10.2. The number of halogens is 3. The number of rotatable bonds is 3. The lowest BCUT2D eigenvalue weighted by molar-refractivity contribution is 0.0696. The molecule has 2 rings (SSSR count). The summed E-state index contributed by atoms with van der Waals surface area (Å²) in [4.78, 5) is 23.1. The molecule has 0 spiro atoms. The largest absolute Gasteiger partial charge is 0.478 e. The molecule has 0 saturated carbocycles. The predicted molar refractivity (Wildman–Crippen MR) is 88.2 cm³/mol. The Balaban J connectivity index is 2.28. The zero-order chi connectivity index (χ0) is 15.6. The SMILES string of the molecule is O=C(O)c1ccc(Br)c(NC(=O)c2ccc(Cl)c(Br)c2)c1. The summed E-state index contributed by atoms with van der Waals surface area (Å²) in [5.74, 6) is -1.43. The standard InChI is InChI=1S/C14H8Br2ClNO3/c15-9-3-1-8(14(20)21)6-12(9)18-13(19)7-2-4-11(17)10(16)5-7/h1-6H,(H,18,19)(H,20,21). The second-order valence-corrected chi connectivity index (χ2v) is 6.20. The molecule has 0 saturated heterocycles. The van der Waals surface area contributed by atoms with Crippen LogP contribution in [0.1, 0.15) is 20.7 Å². The molecular weight excluding hydrogens is 425 g/mol. The molecule has 4 nitrogen and oxygen atoms in total. The third-order valence-corrected chi connectivity index (χ3v) is 4.55. The maximum absolute atomic E-state index is 12.2. The molecule has 108 valence electrons. The van der Waals surface area contributed by atoms with Crippen LogP contribution in [0.25, 0.3) is 0 Å². The van der Waals surface area contributed by atoms with Gasteiger partial charge in [0.1, 0.15) is 0 Å². The summed E-state index contributed by atoms with van der Waals surface area (Å²) in [7, 11) is 0. The summed E-state index contributed by atoms with van der Waals surface area (Å²) in [6.07, 6.45) is 0. The quantitative estimate of drug-likeness (QED) is 0.730. The number of hydrogen-bond donors (Lipinski definition) is 2. The van der Waals surface area contributed by atoms with Gasteiger partial charge in [-0.25, -0.2) is 4.79 Å². The fourth-order valence-corrected chi connectivity index (χ4v) is 2.43. The molecule has 0 atom stereocenters. The lowest BCUT2D eigenvalue weighted by atomic mass is 10.1. The molecule has 0 aliphatic carbocycles. The van der Waals surface area contributed by atoms with Crippen LogP contribution in [0.15, 0.2) is 45.3 Å². The second kappa shape index (κ2) is 6.60. The maximum atomic E-state index is 12.2. The highest BCUT2D eigenvalue weighted by molar-refractivity contribution is 9.11. The molecule has 0 aliphatic rings. The lowest BCUT2D eigenvalue weighted by Gasteiger charge is -2.09. The average molecular weight is 433 g/mol. The smallest absolute Gasteiger partial charge is 0.335 e. The van der Waals surface area contributed by atoms with Gasteiger partial charge in [-0.2, -0.15) is 0 Å². The number of amides is 1. The first kappa shape index (κ1) is 16.0. The van der Waals surface area contributed by atoms with Gasteiger partial charge in [0.05, 0.1) is 16.3 Å². The predicted octanol–water partition coefficient (Wildman–Crippen LogP) is 4.82. The van der Waals surface area contributed by atoms with Crippen molar-refractivity contribution < 1.29 is 14.7 Å². The van der Waals surface area contributed by atoms with E-state index in [-0.39, 0.29) is 11.5 Å². The Morgan fingerprint density at radius 3 is 2.29 bits per heavy atom. The molecule has 0 unspecified atom stereocenters. The first-order chi connectivity index (χ1) is 9.88. The highest BCUT2D eigenvalue weighted by Gasteiger charge is 2.12. The van der Waals surface area contributed by atoms with Crippen molar-refractivity contribution in [3.05, 3.63) is 61.5 Å². The van der Waals surface area contributed by atoms with Crippen LogP contribution < -0.4 is 5.32 Å². The van der Waals surface area contributed by atoms with Crippen LogP contribution in [0.2, 0.25) is 5.02 Å². The molecule has 2 N–H and O–H groups in total. The van der Waals surface area contributed by atoms with E-state index < -0.39 is 5.97 Å². The van der Waals surface area contributed by atoms with Crippen molar-refractivity contribution in [3.63, 3.8) is 0 Å². The Bertz CT molecular complexity index is 734. The maximum Gasteiger partial charge on any atom is 0.335 e. The molecular formula is C14H8Br2ClNO3. The zero-order valence-electron chi connectivity index (χ0n) is 10.4. The third-order valence-electron chi connectivity index (χ3n) is 2.64. The van der Waals surface area contributed by atoms with Crippen LogP contribution >= 0.6 is 43.5 Å². The van der Waals surface area contributed by atoms with E-state index in [4.69, 9.17) is 16.7 Å². The number of aromatic carboxylic acids is 1. The van der Waals surface area contributed by atoms with Crippen molar-refractivity contribution in [1.29, 1.82) is 0 Å². The van der Waals surface area contributed by atoms with Crippen LogP contribution in [0, 0.1) is 0 Å². The van der Waals surface area contributed by atoms with E-state index in [1.165, 1.54) is 12.1 Å². The van der Waals surface area contributed by atoms with Gasteiger partial charge in [-0.1, -0.05) is 11.6 Å². The molecule has 0 bridgehead atoms. The number of hydrogen-bond acceptors (Lipinski definition) is 2. The number of nitrogens with one attached hydrogen (secondary N) is 1. The van der Waals surface area contributed by atoms with Crippen molar-refractivity contribution in [2.24, 2.45) is 0 Å². The molecule has 0 aromatic heterocycles. The molecule has 7 heteroatoms. The van der Waals surface area contributed by atoms with Gasteiger partial charge in [-0.05, 0) is 68.3 Å². The van der Waals surface area contributed by atoms with E-state index in [9.17, 15) is 9.59 Å². The number of carbonyl (C=O) groups excluding carboxylic acids is 1. The van der Waals surface area contributed by atoms with Crippen LogP contribution in [0.3, 0.4) is 0 Å². The van der Waals surface area contributed by atoms with E-state index in [0.29, 0.717) is 25.2 Å². The van der Waals surface area contributed by atoms with Crippen molar-refractivity contribution >= 4 is 61.0 Å². The van der Waals surface area contributed by atoms with E-state index in [1.807, 2.05) is 0 Å². The molecule has 0 radical (unpaired) electrons. The highest BCUT2D eigenvalue weighted by Crippen LogP contribution is 2.26. The first-order valence-corrected chi connectivity index (χ1v) is 7.64. The Kier molecular flexibility index (Phi) is 5.03. The van der Waals surface area contributed by atoms with Gasteiger partial charge in [-0.3, -0.25) is 4.79 Å². The average Bonchev–Trinajstić information content (AvgIpc) is 2.43. The Hall–Kier alpha value is -1.37. The minimum atomic E-state index is -1.06. The van der Waals surface area contributed by atoms with Crippen molar-refractivity contribution in [2.45, 2.75) is 0 Å². The zero-order valence-corrected chi connectivity index (χ0v) is 14.3. The van der Waals surface area contributed by atoms with Gasteiger partial charge in [0.2, 0.25) is 0 Å². The van der Waals surface area contributed by atoms with Gasteiger partial charge in [0.15, 0.2) is 0 Å². The fourth-order valence-electron chi connectivity index (χ4n) is 1.59. The van der Waals surface area contributed by atoms with Crippen molar-refractivity contribution in [3.8, 4) is 0 Å². The summed E-state index contributed by atoms with van der Waals surface area (Å²) in [6, 6.07) is 9.17. The number of carbonyl (C=O) groups is 2. The van der Waals surface area contributed by atoms with E-state index in [1.54, 1.807) is 24.3 Å². The summed E-state index contributed by atoms with van der Waals surface area (Å²) < 4.78 is 1.20. The summed E-state index contributed by atoms with van der Waals surface area (Å²) in [6.45, 7) is 0. The van der Waals surface area contributed by atoms with Crippen LogP contribution in [-0.4, -0.2) is 17.0 Å². The van der Waals surface area contributed by atoms with E-state index in [2.05, 4.69) is 37.2 Å². The van der Waals surface area contributed by atoms with Crippen LogP contribution in [-0.2, 0) is 0 Å². The van der Waals surface area contributed by atoms with Gasteiger partial charge in [-0.15, -0.1) is 0 Å². The number of carboxylic acids is 1. The van der Waals surface area contributed by atoms with Crippen LogP contribution in [0.4, 0.5) is 5.69 Å². The second-order valence-electron chi connectivity index (χ2n) is 4.08. The van der Waals surface area contributed by atoms with Crippen LogP contribution in [0.5, 0.6) is 0 Å².